The fourth-order valence-corrected chi connectivity index (χ4v) is 4.46. The Bertz CT molecular complexity index is 437. The van der Waals surface area contributed by atoms with Crippen molar-refractivity contribution in [2.45, 2.75) is 38.6 Å². The number of carbonyl (C=O) groups is 1. The Hall–Kier alpha value is -0.870. The smallest absolute Gasteiger partial charge is 0.264 e. The first-order chi connectivity index (χ1) is 9.74. The molecule has 2 atom stereocenters. The second-order valence-electron chi connectivity index (χ2n) is 6.40. The monoisotopic (exact) mass is 293 g/mol. The molecule has 0 spiro atoms. The lowest BCUT2D eigenvalue weighted by Crippen LogP contribution is -3.18. The van der Waals surface area contributed by atoms with Crippen molar-refractivity contribution >= 4 is 17.2 Å². The molecule has 3 nitrogen and oxygen atoms in total. The number of nitrogens with one attached hydrogen (secondary N) is 1. The molecule has 0 radical (unpaired) electrons. The van der Waals surface area contributed by atoms with Crippen molar-refractivity contribution in [1.82, 2.24) is 4.90 Å². The van der Waals surface area contributed by atoms with Gasteiger partial charge in [-0.2, -0.15) is 0 Å². The second kappa shape index (κ2) is 6.27. The summed E-state index contributed by atoms with van der Waals surface area (Å²) in [5.41, 5.74) is 0. The predicted octanol–water partition coefficient (Wildman–Crippen LogP) is 1.67. The molecule has 2 aliphatic rings. The summed E-state index contributed by atoms with van der Waals surface area (Å²) in [5, 5.41) is 1.98. The third-order valence-electron chi connectivity index (χ3n) is 4.94. The second-order valence-corrected chi connectivity index (χ2v) is 7.34. The van der Waals surface area contributed by atoms with Crippen LogP contribution in [0.15, 0.2) is 17.5 Å². The lowest BCUT2D eigenvalue weighted by atomic mass is 9.86. The van der Waals surface area contributed by atoms with Crippen LogP contribution < -0.4 is 4.90 Å². The summed E-state index contributed by atoms with van der Waals surface area (Å²) in [6.45, 7) is 6.51. The van der Waals surface area contributed by atoms with Gasteiger partial charge in [-0.25, -0.2) is 0 Å². The molecule has 1 aromatic heterocycles. The molecule has 1 N–H and O–H groups in total. The summed E-state index contributed by atoms with van der Waals surface area (Å²) in [6.07, 6.45) is 5.58. The molecule has 0 unspecified atom stereocenters. The Morgan fingerprint density at radius 2 is 2.15 bits per heavy atom. The molecule has 2 heterocycles. The Kier molecular flexibility index (Phi) is 4.41. The molecule has 1 amide bonds. The zero-order valence-electron chi connectivity index (χ0n) is 12.3. The normalized spacial score (nSPS) is 28.6. The average molecular weight is 293 g/mol. The number of carbonyl (C=O) groups excluding carboxylic acids is 1. The van der Waals surface area contributed by atoms with Crippen LogP contribution in [-0.2, 0) is 0 Å². The minimum Gasteiger partial charge on any atom is -0.330 e. The Labute approximate surface area is 125 Å². The van der Waals surface area contributed by atoms with E-state index in [0.717, 1.165) is 43.0 Å². The van der Waals surface area contributed by atoms with E-state index in [1.807, 2.05) is 22.4 Å². The topological polar surface area (TPSA) is 24.8 Å². The van der Waals surface area contributed by atoms with Crippen LogP contribution in [0.4, 0.5) is 0 Å². The van der Waals surface area contributed by atoms with E-state index in [-0.39, 0.29) is 5.91 Å². The number of rotatable bonds is 2. The van der Waals surface area contributed by atoms with E-state index in [1.54, 1.807) is 16.2 Å². The van der Waals surface area contributed by atoms with E-state index in [9.17, 15) is 4.79 Å². The van der Waals surface area contributed by atoms with Gasteiger partial charge in [-0.3, -0.25) is 4.79 Å². The van der Waals surface area contributed by atoms with Gasteiger partial charge in [0, 0.05) is 6.42 Å². The maximum Gasteiger partial charge on any atom is 0.264 e. The van der Waals surface area contributed by atoms with Crippen molar-refractivity contribution in [3.8, 4) is 0 Å². The molecule has 1 saturated carbocycles. The third kappa shape index (κ3) is 3.07. The SMILES string of the molecule is C[C@H]1CCC[C@@H]([NH+]2CCN(C(=O)c3cccs3)CC2)C1. The van der Waals surface area contributed by atoms with Gasteiger partial charge in [0.1, 0.15) is 0 Å². The summed E-state index contributed by atoms with van der Waals surface area (Å²) in [7, 11) is 0. The lowest BCUT2D eigenvalue weighted by Gasteiger charge is -2.39. The molecular formula is C16H25N2OS+. The number of hydrogen-bond donors (Lipinski definition) is 1. The van der Waals surface area contributed by atoms with Crippen LogP contribution in [0.2, 0.25) is 0 Å². The van der Waals surface area contributed by atoms with Gasteiger partial charge >= 0.3 is 0 Å². The van der Waals surface area contributed by atoms with Gasteiger partial charge in [-0.1, -0.05) is 19.4 Å². The fourth-order valence-electron chi connectivity index (χ4n) is 3.77. The first-order valence-corrected chi connectivity index (χ1v) is 8.79. The fraction of sp³-hybridized carbons (Fsp3) is 0.688. The number of amides is 1. The maximum absolute atomic E-state index is 12.3. The van der Waals surface area contributed by atoms with Gasteiger partial charge in [0.2, 0.25) is 0 Å². The zero-order valence-corrected chi connectivity index (χ0v) is 13.1. The summed E-state index contributed by atoms with van der Waals surface area (Å²) < 4.78 is 0. The standard InChI is InChI=1S/C16H24N2OS/c1-13-4-2-5-14(12-13)17-7-9-18(10-8-17)16(19)15-6-3-11-20-15/h3,6,11,13-14H,2,4-5,7-10,12H2,1H3/p+1/t13-,14+/m0/s1. The maximum atomic E-state index is 12.3. The molecule has 1 saturated heterocycles. The first kappa shape index (κ1) is 14.1. The van der Waals surface area contributed by atoms with Crippen LogP contribution in [0, 0.1) is 5.92 Å². The highest BCUT2D eigenvalue weighted by molar-refractivity contribution is 7.12. The van der Waals surface area contributed by atoms with E-state index in [4.69, 9.17) is 0 Å². The predicted molar refractivity (Wildman–Crippen MR) is 82.3 cm³/mol. The number of quaternary nitrogens is 1. The molecule has 110 valence electrons. The van der Waals surface area contributed by atoms with Crippen molar-refractivity contribution in [2.24, 2.45) is 5.92 Å². The van der Waals surface area contributed by atoms with Crippen LogP contribution in [0.25, 0.3) is 0 Å². The Morgan fingerprint density at radius 1 is 1.35 bits per heavy atom. The molecule has 2 fully saturated rings. The molecule has 1 aromatic rings. The summed E-state index contributed by atoms with van der Waals surface area (Å²) in [6, 6.07) is 4.75. The molecule has 0 bridgehead atoms. The van der Waals surface area contributed by atoms with Crippen LogP contribution in [-0.4, -0.2) is 43.0 Å². The van der Waals surface area contributed by atoms with E-state index >= 15 is 0 Å². The molecule has 3 rings (SSSR count). The Morgan fingerprint density at radius 3 is 2.80 bits per heavy atom. The quantitative estimate of drug-likeness (QED) is 0.881. The largest absolute Gasteiger partial charge is 0.330 e. The third-order valence-corrected chi connectivity index (χ3v) is 5.80. The molecule has 1 aliphatic heterocycles. The molecular weight excluding hydrogens is 268 g/mol. The number of hydrogen-bond acceptors (Lipinski definition) is 2. The van der Waals surface area contributed by atoms with Gasteiger partial charge in [0.25, 0.3) is 5.91 Å². The van der Waals surface area contributed by atoms with E-state index < -0.39 is 0 Å². The average Bonchev–Trinajstić information content (AvgIpc) is 3.01. The van der Waals surface area contributed by atoms with Crippen LogP contribution in [0.3, 0.4) is 0 Å². The van der Waals surface area contributed by atoms with Crippen LogP contribution in [0.5, 0.6) is 0 Å². The van der Waals surface area contributed by atoms with Crippen molar-refractivity contribution in [1.29, 1.82) is 0 Å². The zero-order chi connectivity index (χ0) is 13.9. The Balaban J connectivity index is 1.53. The van der Waals surface area contributed by atoms with E-state index in [2.05, 4.69) is 6.92 Å². The van der Waals surface area contributed by atoms with Crippen molar-refractivity contribution < 1.29 is 9.69 Å². The highest BCUT2D eigenvalue weighted by Gasteiger charge is 2.32. The minimum atomic E-state index is 0.232. The summed E-state index contributed by atoms with van der Waals surface area (Å²) >= 11 is 1.56. The van der Waals surface area contributed by atoms with Gasteiger partial charge in [0.05, 0.1) is 37.1 Å². The molecule has 4 heteroatoms. The number of nitrogens with zero attached hydrogens (tertiary/aromatic N) is 1. The number of piperazine rings is 1. The van der Waals surface area contributed by atoms with Gasteiger partial charge < -0.3 is 9.80 Å². The summed E-state index contributed by atoms with van der Waals surface area (Å²) in [4.78, 5) is 17.0. The minimum absolute atomic E-state index is 0.232. The van der Waals surface area contributed by atoms with Gasteiger partial charge in [0.15, 0.2) is 0 Å². The molecule has 0 aromatic carbocycles. The van der Waals surface area contributed by atoms with E-state index in [0.29, 0.717) is 0 Å². The van der Waals surface area contributed by atoms with Gasteiger partial charge in [-0.05, 0) is 30.2 Å². The van der Waals surface area contributed by atoms with E-state index in [1.165, 1.54) is 25.7 Å². The van der Waals surface area contributed by atoms with Crippen molar-refractivity contribution in [2.75, 3.05) is 26.2 Å². The highest BCUT2D eigenvalue weighted by atomic mass is 32.1. The summed E-state index contributed by atoms with van der Waals surface area (Å²) in [5.74, 6) is 1.13. The van der Waals surface area contributed by atoms with Gasteiger partial charge in [-0.15, -0.1) is 11.3 Å². The first-order valence-electron chi connectivity index (χ1n) is 7.91. The molecule has 1 aliphatic carbocycles. The highest BCUT2D eigenvalue weighted by Crippen LogP contribution is 2.22. The molecule has 20 heavy (non-hydrogen) atoms. The van der Waals surface area contributed by atoms with Crippen LogP contribution in [0.1, 0.15) is 42.3 Å². The van der Waals surface area contributed by atoms with Crippen molar-refractivity contribution in [3.05, 3.63) is 22.4 Å². The van der Waals surface area contributed by atoms with Crippen molar-refractivity contribution in [3.63, 3.8) is 0 Å². The number of thiophene rings is 1. The lowest BCUT2D eigenvalue weighted by molar-refractivity contribution is -0.930. The van der Waals surface area contributed by atoms with Crippen LogP contribution >= 0.6 is 11.3 Å².